The number of fused-ring (bicyclic) bond motifs is 1. The largest absolute Gasteiger partial charge is 0.494 e. The summed E-state index contributed by atoms with van der Waals surface area (Å²) in [5.74, 6) is -1.62. The van der Waals surface area contributed by atoms with Gasteiger partial charge in [0, 0.05) is 24.2 Å². The maximum Gasteiger partial charge on any atom is 0.198 e. The van der Waals surface area contributed by atoms with Crippen molar-refractivity contribution in [3.8, 4) is 5.88 Å². The van der Waals surface area contributed by atoms with Crippen molar-refractivity contribution in [1.29, 1.82) is 0 Å². The lowest BCUT2D eigenvalue weighted by Crippen LogP contribution is -2.26. The zero-order valence-electron chi connectivity index (χ0n) is 16.0. The molecule has 1 unspecified atom stereocenters. The van der Waals surface area contributed by atoms with E-state index in [1.54, 1.807) is 18.2 Å². The van der Waals surface area contributed by atoms with Gasteiger partial charge in [0.25, 0.3) is 0 Å². The molecule has 0 aliphatic carbocycles. The SMILES string of the molecule is CC1(C)OCC(CNc2ccc(N=Cc3c(O)[nH]c4cc(F)ccc34)cc2F)O1. The highest BCUT2D eigenvalue weighted by Gasteiger charge is 2.32. The number of aromatic nitrogens is 1. The molecule has 1 aromatic heterocycles. The molecule has 0 radical (unpaired) electrons. The minimum atomic E-state index is -0.622. The van der Waals surface area contributed by atoms with E-state index in [0.29, 0.717) is 41.0 Å². The summed E-state index contributed by atoms with van der Waals surface area (Å²) in [5, 5.41) is 13.7. The van der Waals surface area contributed by atoms with Crippen LogP contribution in [0.5, 0.6) is 5.88 Å². The zero-order chi connectivity index (χ0) is 20.6. The van der Waals surface area contributed by atoms with Crippen molar-refractivity contribution in [1.82, 2.24) is 4.98 Å². The summed E-state index contributed by atoms with van der Waals surface area (Å²) >= 11 is 0. The third-order valence-electron chi connectivity index (χ3n) is 4.66. The molecule has 1 aliphatic heterocycles. The number of hydrogen-bond donors (Lipinski definition) is 3. The van der Waals surface area contributed by atoms with Gasteiger partial charge in [0.2, 0.25) is 0 Å². The highest BCUT2D eigenvalue weighted by molar-refractivity contribution is 6.02. The first-order chi connectivity index (χ1) is 13.8. The molecule has 0 amide bonds. The van der Waals surface area contributed by atoms with Gasteiger partial charge in [-0.2, -0.15) is 0 Å². The Hall–Kier alpha value is -2.97. The second kappa shape index (κ2) is 7.46. The number of ether oxygens (including phenoxy) is 2. The minimum absolute atomic E-state index is 0.130. The lowest BCUT2D eigenvalue weighted by atomic mass is 10.2. The zero-order valence-corrected chi connectivity index (χ0v) is 16.0. The number of aliphatic imine (C=N–C) groups is 1. The molecule has 0 saturated carbocycles. The summed E-state index contributed by atoms with van der Waals surface area (Å²) < 4.78 is 38.9. The fraction of sp³-hybridized carbons (Fsp3) is 0.286. The van der Waals surface area contributed by atoms with E-state index in [-0.39, 0.29) is 12.0 Å². The molecule has 29 heavy (non-hydrogen) atoms. The molecule has 0 spiro atoms. The normalized spacial score (nSPS) is 18.7. The highest BCUT2D eigenvalue weighted by atomic mass is 19.1. The van der Waals surface area contributed by atoms with Crippen LogP contribution in [0.1, 0.15) is 19.4 Å². The van der Waals surface area contributed by atoms with Crippen molar-refractivity contribution in [2.24, 2.45) is 4.99 Å². The van der Waals surface area contributed by atoms with Gasteiger partial charge in [-0.3, -0.25) is 4.99 Å². The number of anilines is 1. The predicted octanol–water partition coefficient (Wildman–Crippen LogP) is 4.47. The van der Waals surface area contributed by atoms with E-state index in [1.165, 1.54) is 24.4 Å². The smallest absolute Gasteiger partial charge is 0.198 e. The summed E-state index contributed by atoms with van der Waals surface area (Å²) in [4.78, 5) is 6.92. The second-order valence-electron chi connectivity index (χ2n) is 7.33. The van der Waals surface area contributed by atoms with Gasteiger partial charge < -0.3 is 24.9 Å². The van der Waals surface area contributed by atoms with Crippen molar-refractivity contribution in [3.63, 3.8) is 0 Å². The van der Waals surface area contributed by atoms with Crippen LogP contribution in [0.4, 0.5) is 20.2 Å². The Morgan fingerprint density at radius 3 is 2.83 bits per heavy atom. The van der Waals surface area contributed by atoms with Crippen LogP contribution in [0, 0.1) is 11.6 Å². The number of rotatable bonds is 5. The molecule has 2 heterocycles. The number of aromatic hydroxyl groups is 1. The standard InChI is InChI=1S/C21H21F2N3O3/c1-21(2)28-11-14(29-21)9-25-18-6-4-13(8-17(18)23)24-10-16-15-5-3-12(22)7-19(15)26-20(16)27/h3-8,10,14,25-27H,9,11H2,1-2H3. The number of halogens is 2. The van der Waals surface area contributed by atoms with Gasteiger partial charge in [-0.15, -0.1) is 0 Å². The number of nitrogens with one attached hydrogen (secondary N) is 2. The maximum atomic E-state index is 14.4. The van der Waals surface area contributed by atoms with Crippen LogP contribution in [0.2, 0.25) is 0 Å². The number of hydrogen-bond acceptors (Lipinski definition) is 5. The van der Waals surface area contributed by atoms with Crippen LogP contribution in [0.15, 0.2) is 41.4 Å². The van der Waals surface area contributed by atoms with Gasteiger partial charge in [-0.1, -0.05) is 0 Å². The third-order valence-corrected chi connectivity index (χ3v) is 4.66. The molecular weight excluding hydrogens is 380 g/mol. The van der Waals surface area contributed by atoms with Crippen LogP contribution in [-0.2, 0) is 9.47 Å². The van der Waals surface area contributed by atoms with Crippen molar-refractivity contribution in [3.05, 3.63) is 53.6 Å². The molecule has 6 nitrogen and oxygen atoms in total. The quantitative estimate of drug-likeness (QED) is 0.552. The fourth-order valence-electron chi connectivity index (χ4n) is 3.26. The first kappa shape index (κ1) is 19.4. The topological polar surface area (TPSA) is 78.9 Å². The average molecular weight is 401 g/mol. The third kappa shape index (κ3) is 4.23. The van der Waals surface area contributed by atoms with Gasteiger partial charge in [0.15, 0.2) is 11.7 Å². The molecule has 8 heteroatoms. The van der Waals surface area contributed by atoms with Gasteiger partial charge in [0.1, 0.15) is 17.7 Å². The number of benzene rings is 2. The minimum Gasteiger partial charge on any atom is -0.494 e. The van der Waals surface area contributed by atoms with Gasteiger partial charge in [0.05, 0.1) is 29.1 Å². The molecule has 152 valence electrons. The molecule has 1 saturated heterocycles. The molecule has 1 aliphatic rings. The van der Waals surface area contributed by atoms with Crippen LogP contribution in [0.25, 0.3) is 10.9 Å². The summed E-state index contributed by atoms with van der Waals surface area (Å²) in [6, 6.07) is 8.67. The predicted molar refractivity (Wildman–Crippen MR) is 107 cm³/mol. The van der Waals surface area contributed by atoms with Gasteiger partial charge >= 0.3 is 0 Å². The van der Waals surface area contributed by atoms with Crippen LogP contribution < -0.4 is 5.32 Å². The van der Waals surface area contributed by atoms with Gasteiger partial charge in [-0.05, 0) is 44.2 Å². The summed E-state index contributed by atoms with van der Waals surface area (Å²) in [5.41, 5.74) is 1.58. The average Bonchev–Trinajstić information content (AvgIpc) is 3.16. The van der Waals surface area contributed by atoms with E-state index in [4.69, 9.17) is 9.47 Å². The molecular formula is C21H21F2N3O3. The van der Waals surface area contributed by atoms with Crippen LogP contribution in [-0.4, -0.2) is 41.3 Å². The summed E-state index contributed by atoms with van der Waals surface area (Å²) in [6.45, 7) is 4.54. The molecule has 1 atom stereocenters. The molecule has 1 fully saturated rings. The Balaban J connectivity index is 1.46. The summed E-state index contributed by atoms with van der Waals surface area (Å²) in [6.07, 6.45) is 1.26. The molecule has 3 N–H and O–H groups in total. The lowest BCUT2D eigenvalue weighted by Gasteiger charge is -2.17. The Morgan fingerprint density at radius 1 is 1.28 bits per heavy atom. The fourth-order valence-corrected chi connectivity index (χ4v) is 3.26. The monoisotopic (exact) mass is 401 g/mol. The number of aromatic amines is 1. The van der Waals surface area contributed by atoms with Crippen molar-refractivity contribution in [2.45, 2.75) is 25.7 Å². The van der Waals surface area contributed by atoms with Crippen molar-refractivity contribution >= 4 is 28.5 Å². The second-order valence-corrected chi connectivity index (χ2v) is 7.33. The molecule has 3 aromatic rings. The Kier molecular flexibility index (Phi) is 4.97. The van der Waals surface area contributed by atoms with E-state index in [1.807, 2.05) is 13.8 Å². The molecule has 2 aromatic carbocycles. The number of nitrogens with zero attached hydrogens (tertiary/aromatic N) is 1. The van der Waals surface area contributed by atoms with Crippen LogP contribution in [0.3, 0.4) is 0 Å². The molecule has 0 bridgehead atoms. The Bertz CT molecular complexity index is 1080. The maximum absolute atomic E-state index is 14.4. The van der Waals surface area contributed by atoms with Gasteiger partial charge in [-0.25, -0.2) is 8.78 Å². The van der Waals surface area contributed by atoms with E-state index in [0.717, 1.165) is 0 Å². The van der Waals surface area contributed by atoms with Crippen LogP contribution >= 0.6 is 0 Å². The Morgan fingerprint density at radius 2 is 2.10 bits per heavy atom. The molecule has 4 rings (SSSR count). The van der Waals surface area contributed by atoms with E-state index in [9.17, 15) is 13.9 Å². The van der Waals surface area contributed by atoms with E-state index >= 15 is 0 Å². The Labute approximate surface area is 166 Å². The first-order valence-electron chi connectivity index (χ1n) is 9.20. The first-order valence-corrected chi connectivity index (χ1v) is 9.20. The summed E-state index contributed by atoms with van der Waals surface area (Å²) in [7, 11) is 0. The lowest BCUT2D eigenvalue weighted by molar-refractivity contribution is -0.136. The van der Waals surface area contributed by atoms with Crippen molar-refractivity contribution < 1.29 is 23.4 Å². The van der Waals surface area contributed by atoms with E-state index < -0.39 is 17.4 Å². The highest BCUT2D eigenvalue weighted by Crippen LogP contribution is 2.28. The van der Waals surface area contributed by atoms with E-state index in [2.05, 4.69) is 15.3 Å². The van der Waals surface area contributed by atoms with Crippen molar-refractivity contribution in [2.75, 3.05) is 18.5 Å². The number of H-pyrrole nitrogens is 1.